The van der Waals surface area contributed by atoms with Crippen molar-refractivity contribution in [3.05, 3.63) is 53.9 Å². The van der Waals surface area contributed by atoms with Crippen molar-refractivity contribution in [2.75, 3.05) is 11.5 Å². The zero-order valence-electron chi connectivity index (χ0n) is 12.4. The summed E-state index contributed by atoms with van der Waals surface area (Å²) in [6.45, 7) is 0.564. The number of carbonyl (C=O) groups is 2. The zero-order chi connectivity index (χ0) is 16.3. The zero-order valence-corrected chi connectivity index (χ0v) is 13.3. The average molecular weight is 331 g/mol. The van der Waals surface area contributed by atoms with Crippen LogP contribution in [0.5, 0.6) is 0 Å². The molecule has 6 nitrogen and oxygen atoms in total. The van der Waals surface area contributed by atoms with E-state index in [1.54, 1.807) is 10.9 Å². The van der Waals surface area contributed by atoms with Gasteiger partial charge < -0.3 is 10.4 Å². The number of rotatable bonds is 5. The third-order valence-corrected chi connectivity index (χ3v) is 5.06. The van der Waals surface area contributed by atoms with Crippen LogP contribution in [0, 0.1) is 0 Å². The number of hydrogen-bond acceptors (Lipinski definition) is 4. The van der Waals surface area contributed by atoms with Gasteiger partial charge in [-0.1, -0.05) is 30.3 Å². The van der Waals surface area contributed by atoms with E-state index in [0.717, 1.165) is 11.3 Å². The van der Waals surface area contributed by atoms with Gasteiger partial charge in [-0.3, -0.25) is 9.48 Å². The van der Waals surface area contributed by atoms with Crippen LogP contribution in [0.1, 0.15) is 22.3 Å². The van der Waals surface area contributed by atoms with Crippen LogP contribution in [-0.4, -0.2) is 43.8 Å². The number of benzene rings is 1. The number of amides is 1. The number of nitrogens with zero attached hydrogens (tertiary/aromatic N) is 2. The lowest BCUT2D eigenvalue weighted by molar-refractivity contribution is -0.143. The second-order valence-corrected chi connectivity index (χ2v) is 6.66. The van der Waals surface area contributed by atoms with Crippen LogP contribution in [-0.2, 0) is 11.3 Å². The Balaban J connectivity index is 1.70. The molecule has 2 heterocycles. The standard InChI is InChI=1S/C16H17N3O3S/c20-14(18-16(15(21)22)6-7-23-11-16)13-8-17-19(10-13)9-12-4-2-1-3-5-12/h1-5,8,10H,6-7,9,11H2,(H,18,20)(H,21,22). The highest BCUT2D eigenvalue weighted by atomic mass is 32.2. The average Bonchev–Trinajstić information content (AvgIpc) is 3.18. The van der Waals surface area contributed by atoms with E-state index >= 15 is 0 Å². The van der Waals surface area contributed by atoms with Crippen LogP contribution in [0.15, 0.2) is 42.7 Å². The number of nitrogens with one attached hydrogen (secondary N) is 1. The van der Waals surface area contributed by atoms with Crippen LogP contribution < -0.4 is 5.32 Å². The molecule has 120 valence electrons. The van der Waals surface area contributed by atoms with E-state index in [1.165, 1.54) is 18.0 Å². The number of carboxylic acids is 1. The van der Waals surface area contributed by atoms with Gasteiger partial charge in [0.2, 0.25) is 0 Å². The van der Waals surface area contributed by atoms with E-state index in [9.17, 15) is 14.7 Å². The van der Waals surface area contributed by atoms with E-state index in [4.69, 9.17) is 0 Å². The summed E-state index contributed by atoms with van der Waals surface area (Å²) in [4.78, 5) is 23.8. The molecule has 1 saturated heterocycles. The van der Waals surface area contributed by atoms with Crippen LogP contribution in [0.2, 0.25) is 0 Å². The molecule has 3 rings (SSSR count). The Morgan fingerprint density at radius 2 is 2.13 bits per heavy atom. The lowest BCUT2D eigenvalue weighted by Crippen LogP contribution is -2.54. The molecule has 7 heteroatoms. The summed E-state index contributed by atoms with van der Waals surface area (Å²) in [5, 5.41) is 16.3. The lowest BCUT2D eigenvalue weighted by Gasteiger charge is -2.24. The highest BCUT2D eigenvalue weighted by molar-refractivity contribution is 7.99. The number of carboxylic acid groups (broad SMARTS) is 1. The summed E-state index contributed by atoms with van der Waals surface area (Å²) in [6, 6.07) is 9.80. The summed E-state index contributed by atoms with van der Waals surface area (Å²) >= 11 is 1.54. The predicted octanol–water partition coefficient (Wildman–Crippen LogP) is 1.62. The van der Waals surface area contributed by atoms with Crippen molar-refractivity contribution in [3.63, 3.8) is 0 Å². The molecular formula is C16H17N3O3S. The molecule has 1 fully saturated rings. The van der Waals surface area contributed by atoms with Crippen molar-refractivity contribution in [1.82, 2.24) is 15.1 Å². The molecule has 2 N–H and O–H groups in total. The molecule has 1 aromatic carbocycles. The van der Waals surface area contributed by atoms with E-state index < -0.39 is 17.4 Å². The van der Waals surface area contributed by atoms with Crippen molar-refractivity contribution in [1.29, 1.82) is 0 Å². The summed E-state index contributed by atoms with van der Waals surface area (Å²) in [7, 11) is 0. The molecule has 0 spiro atoms. The molecule has 1 aliphatic heterocycles. The van der Waals surface area contributed by atoms with Gasteiger partial charge in [0.15, 0.2) is 0 Å². The smallest absolute Gasteiger partial charge is 0.330 e. The second-order valence-electron chi connectivity index (χ2n) is 5.56. The van der Waals surface area contributed by atoms with Crippen molar-refractivity contribution in [2.45, 2.75) is 18.5 Å². The second kappa shape index (κ2) is 6.45. The van der Waals surface area contributed by atoms with Gasteiger partial charge in [0.25, 0.3) is 5.91 Å². The Bertz CT molecular complexity index is 708. The SMILES string of the molecule is O=C(NC1(C(=O)O)CCSC1)c1cnn(Cc2ccccc2)c1. The van der Waals surface area contributed by atoms with Crippen molar-refractivity contribution >= 4 is 23.6 Å². The minimum Gasteiger partial charge on any atom is -0.479 e. The number of aromatic nitrogens is 2. The monoisotopic (exact) mass is 331 g/mol. The summed E-state index contributed by atoms with van der Waals surface area (Å²) < 4.78 is 1.67. The fourth-order valence-corrected chi connectivity index (χ4v) is 3.84. The van der Waals surface area contributed by atoms with Gasteiger partial charge in [-0.05, 0) is 17.7 Å². The molecule has 0 bridgehead atoms. The molecule has 1 atom stereocenters. The van der Waals surface area contributed by atoms with Gasteiger partial charge >= 0.3 is 5.97 Å². The molecule has 1 amide bonds. The molecular weight excluding hydrogens is 314 g/mol. The molecule has 1 aliphatic rings. The highest BCUT2D eigenvalue weighted by Gasteiger charge is 2.43. The van der Waals surface area contributed by atoms with E-state index in [-0.39, 0.29) is 0 Å². The minimum atomic E-state index is -1.16. The number of carbonyl (C=O) groups excluding carboxylic acids is 1. The maximum Gasteiger partial charge on any atom is 0.330 e. The van der Waals surface area contributed by atoms with Gasteiger partial charge in [0, 0.05) is 11.9 Å². The highest BCUT2D eigenvalue weighted by Crippen LogP contribution is 2.28. The first-order valence-electron chi connectivity index (χ1n) is 7.29. The van der Waals surface area contributed by atoms with Crippen molar-refractivity contribution in [3.8, 4) is 0 Å². The molecule has 0 aliphatic carbocycles. The topological polar surface area (TPSA) is 84.2 Å². The van der Waals surface area contributed by atoms with E-state index in [2.05, 4.69) is 10.4 Å². The van der Waals surface area contributed by atoms with Gasteiger partial charge in [-0.25, -0.2) is 4.79 Å². The Morgan fingerprint density at radius 3 is 2.78 bits per heavy atom. The number of aliphatic carboxylic acids is 1. The summed E-state index contributed by atoms with van der Waals surface area (Å²) in [5.41, 5.74) is 0.290. The molecule has 0 saturated carbocycles. The van der Waals surface area contributed by atoms with Gasteiger partial charge in [-0.2, -0.15) is 16.9 Å². The van der Waals surface area contributed by atoms with Crippen LogP contribution in [0.4, 0.5) is 0 Å². The Hall–Kier alpha value is -2.28. The van der Waals surface area contributed by atoms with E-state index in [1.807, 2.05) is 30.3 Å². The van der Waals surface area contributed by atoms with Gasteiger partial charge in [-0.15, -0.1) is 0 Å². The molecule has 2 aromatic rings. The Labute approximate surface area is 137 Å². The number of hydrogen-bond donors (Lipinski definition) is 2. The molecule has 0 radical (unpaired) electrons. The first kappa shape index (κ1) is 15.6. The van der Waals surface area contributed by atoms with Crippen LogP contribution in [0.3, 0.4) is 0 Å². The Kier molecular flexibility index (Phi) is 4.38. The minimum absolute atomic E-state index is 0.374. The Morgan fingerprint density at radius 1 is 1.35 bits per heavy atom. The van der Waals surface area contributed by atoms with E-state index in [0.29, 0.717) is 24.3 Å². The van der Waals surface area contributed by atoms with Crippen molar-refractivity contribution in [2.24, 2.45) is 0 Å². The van der Waals surface area contributed by atoms with Crippen LogP contribution >= 0.6 is 11.8 Å². The first-order valence-corrected chi connectivity index (χ1v) is 8.45. The molecule has 1 unspecified atom stereocenters. The summed E-state index contributed by atoms with van der Waals surface area (Å²) in [6.07, 6.45) is 3.55. The van der Waals surface area contributed by atoms with Crippen LogP contribution in [0.25, 0.3) is 0 Å². The maximum atomic E-state index is 12.3. The molecule has 23 heavy (non-hydrogen) atoms. The van der Waals surface area contributed by atoms with Crippen molar-refractivity contribution < 1.29 is 14.7 Å². The predicted molar refractivity (Wildman–Crippen MR) is 87.5 cm³/mol. The van der Waals surface area contributed by atoms with Gasteiger partial charge in [0.05, 0.1) is 18.3 Å². The third-order valence-electron chi connectivity index (χ3n) is 3.87. The maximum absolute atomic E-state index is 12.3. The lowest BCUT2D eigenvalue weighted by atomic mass is 9.99. The molecule has 1 aromatic heterocycles. The third kappa shape index (κ3) is 3.39. The quantitative estimate of drug-likeness (QED) is 0.870. The van der Waals surface area contributed by atoms with Gasteiger partial charge in [0.1, 0.15) is 5.54 Å². The largest absolute Gasteiger partial charge is 0.479 e. The fourth-order valence-electron chi connectivity index (χ4n) is 2.51. The summed E-state index contributed by atoms with van der Waals surface area (Å²) in [5.74, 6) is -0.242. The fraction of sp³-hybridized carbons (Fsp3) is 0.312. The normalized spacial score (nSPS) is 20.3. The first-order chi connectivity index (χ1) is 11.1. The number of thioether (sulfide) groups is 1.